The molecule has 3 rings (SSSR count). The van der Waals surface area contributed by atoms with Crippen LogP contribution in [-0.2, 0) is 11.3 Å². The van der Waals surface area contributed by atoms with Gasteiger partial charge in [-0.25, -0.2) is 9.37 Å². The summed E-state index contributed by atoms with van der Waals surface area (Å²) in [6.07, 6.45) is 2.02. The van der Waals surface area contributed by atoms with Crippen molar-refractivity contribution in [3.8, 4) is 0 Å². The summed E-state index contributed by atoms with van der Waals surface area (Å²) >= 11 is 1.69. The summed E-state index contributed by atoms with van der Waals surface area (Å²) in [5.74, 6) is -0.202. The number of thiazole rings is 1. The first-order valence-electron chi connectivity index (χ1n) is 7.60. The van der Waals surface area contributed by atoms with Gasteiger partial charge in [0.05, 0.1) is 16.8 Å². The maximum Gasteiger partial charge on any atom is 0.123 e. The van der Waals surface area contributed by atoms with E-state index in [4.69, 9.17) is 4.74 Å². The fourth-order valence-electron chi connectivity index (χ4n) is 2.95. The molecule has 0 amide bonds. The molecule has 0 spiro atoms. The average molecular weight is 320 g/mol. The largest absolute Gasteiger partial charge is 0.373 e. The van der Waals surface area contributed by atoms with Gasteiger partial charge in [0, 0.05) is 24.6 Å². The van der Waals surface area contributed by atoms with Crippen LogP contribution >= 0.6 is 11.3 Å². The van der Waals surface area contributed by atoms with Gasteiger partial charge in [-0.1, -0.05) is 12.1 Å². The third-order valence-corrected chi connectivity index (χ3v) is 5.02. The molecule has 1 saturated heterocycles. The maximum absolute atomic E-state index is 13.0. The van der Waals surface area contributed by atoms with E-state index >= 15 is 0 Å². The highest BCUT2D eigenvalue weighted by molar-refractivity contribution is 7.09. The van der Waals surface area contributed by atoms with Gasteiger partial charge in [0.15, 0.2) is 0 Å². The highest BCUT2D eigenvalue weighted by atomic mass is 32.1. The molecule has 1 fully saturated rings. The number of benzene rings is 1. The Labute approximate surface area is 134 Å². The van der Waals surface area contributed by atoms with E-state index in [-0.39, 0.29) is 11.9 Å². The van der Waals surface area contributed by atoms with Crippen molar-refractivity contribution >= 4 is 11.3 Å². The SMILES string of the molecule is Cc1nc(CN(C)[C@H]2CCO[C@H](c3ccc(F)cc3)C2)cs1. The molecule has 0 unspecified atom stereocenters. The minimum Gasteiger partial charge on any atom is -0.373 e. The number of rotatable bonds is 4. The zero-order valence-corrected chi connectivity index (χ0v) is 13.8. The van der Waals surface area contributed by atoms with Crippen molar-refractivity contribution in [2.24, 2.45) is 0 Å². The van der Waals surface area contributed by atoms with Crippen molar-refractivity contribution in [1.82, 2.24) is 9.88 Å². The summed E-state index contributed by atoms with van der Waals surface area (Å²) in [5.41, 5.74) is 2.19. The average Bonchev–Trinajstić information content (AvgIpc) is 2.93. The van der Waals surface area contributed by atoms with Gasteiger partial charge in [0.1, 0.15) is 5.82 Å². The lowest BCUT2D eigenvalue weighted by molar-refractivity contribution is -0.0251. The van der Waals surface area contributed by atoms with Crippen molar-refractivity contribution in [3.05, 3.63) is 51.7 Å². The molecule has 2 heterocycles. The molecule has 1 aliphatic rings. The second kappa shape index (κ2) is 6.86. The molecule has 1 aromatic heterocycles. The topological polar surface area (TPSA) is 25.4 Å². The van der Waals surface area contributed by atoms with Gasteiger partial charge in [-0.3, -0.25) is 4.90 Å². The van der Waals surface area contributed by atoms with Crippen LogP contribution in [0.25, 0.3) is 0 Å². The van der Waals surface area contributed by atoms with Crippen LogP contribution in [0.15, 0.2) is 29.6 Å². The molecule has 3 nitrogen and oxygen atoms in total. The quantitative estimate of drug-likeness (QED) is 0.853. The third-order valence-electron chi connectivity index (χ3n) is 4.20. The zero-order chi connectivity index (χ0) is 15.5. The summed E-state index contributed by atoms with van der Waals surface area (Å²) in [7, 11) is 2.15. The lowest BCUT2D eigenvalue weighted by Gasteiger charge is -2.35. The van der Waals surface area contributed by atoms with Gasteiger partial charge in [-0.2, -0.15) is 0 Å². The molecule has 2 atom stereocenters. The number of hydrogen-bond acceptors (Lipinski definition) is 4. The summed E-state index contributed by atoms with van der Waals surface area (Å²) in [5, 5.41) is 3.24. The first-order chi connectivity index (χ1) is 10.6. The number of nitrogens with zero attached hydrogens (tertiary/aromatic N) is 2. The molecule has 1 aromatic carbocycles. The number of ether oxygens (including phenoxy) is 1. The molecule has 0 N–H and O–H groups in total. The summed E-state index contributed by atoms with van der Waals surface area (Å²) in [4.78, 5) is 6.89. The van der Waals surface area contributed by atoms with Crippen LogP contribution in [-0.4, -0.2) is 29.6 Å². The lowest BCUT2D eigenvalue weighted by atomic mass is 9.96. The molecule has 0 radical (unpaired) electrons. The van der Waals surface area contributed by atoms with Crippen LogP contribution in [0, 0.1) is 12.7 Å². The van der Waals surface area contributed by atoms with E-state index in [2.05, 4.69) is 22.3 Å². The Morgan fingerprint density at radius 1 is 1.36 bits per heavy atom. The molecular weight excluding hydrogens is 299 g/mol. The summed E-state index contributed by atoms with van der Waals surface area (Å²) in [6.45, 7) is 3.64. The minimum atomic E-state index is -0.202. The van der Waals surface area contributed by atoms with E-state index in [0.29, 0.717) is 6.04 Å². The van der Waals surface area contributed by atoms with Crippen LogP contribution in [0.4, 0.5) is 4.39 Å². The van der Waals surface area contributed by atoms with Crippen molar-refractivity contribution in [2.75, 3.05) is 13.7 Å². The molecular formula is C17H21FN2OS. The van der Waals surface area contributed by atoms with Gasteiger partial charge in [-0.05, 0) is 44.5 Å². The Kier molecular flexibility index (Phi) is 4.86. The first-order valence-corrected chi connectivity index (χ1v) is 8.48. The van der Waals surface area contributed by atoms with Crippen LogP contribution in [0.3, 0.4) is 0 Å². The van der Waals surface area contributed by atoms with E-state index in [1.165, 1.54) is 12.1 Å². The molecule has 1 aliphatic heterocycles. The Morgan fingerprint density at radius 2 is 2.14 bits per heavy atom. The standard InChI is InChI=1S/C17H21FN2OS/c1-12-19-15(11-22-12)10-20(2)16-7-8-21-17(9-16)13-3-5-14(18)6-4-13/h3-6,11,16-17H,7-10H2,1-2H3/t16-,17-/m0/s1. The maximum atomic E-state index is 13.0. The molecule has 5 heteroatoms. The second-order valence-electron chi connectivity index (χ2n) is 5.86. The van der Waals surface area contributed by atoms with Crippen LogP contribution < -0.4 is 0 Å². The number of hydrogen-bond donors (Lipinski definition) is 0. The summed E-state index contributed by atoms with van der Waals surface area (Å²) in [6, 6.07) is 7.12. The smallest absolute Gasteiger partial charge is 0.123 e. The van der Waals surface area contributed by atoms with Gasteiger partial charge in [-0.15, -0.1) is 11.3 Å². The van der Waals surface area contributed by atoms with E-state index in [1.807, 2.05) is 19.1 Å². The van der Waals surface area contributed by atoms with Crippen molar-refractivity contribution in [3.63, 3.8) is 0 Å². The monoisotopic (exact) mass is 320 g/mol. The second-order valence-corrected chi connectivity index (χ2v) is 6.92. The minimum absolute atomic E-state index is 0.0546. The fourth-order valence-corrected chi connectivity index (χ4v) is 3.56. The van der Waals surface area contributed by atoms with Gasteiger partial charge < -0.3 is 4.74 Å². The Balaban J connectivity index is 1.63. The van der Waals surface area contributed by atoms with Crippen molar-refractivity contribution in [1.29, 1.82) is 0 Å². The molecule has 2 aromatic rings. The normalized spacial score (nSPS) is 22.2. The van der Waals surface area contributed by atoms with Gasteiger partial charge >= 0.3 is 0 Å². The zero-order valence-electron chi connectivity index (χ0n) is 13.0. The predicted octanol–water partition coefficient (Wildman–Crippen LogP) is 3.94. The molecule has 0 saturated carbocycles. The van der Waals surface area contributed by atoms with Crippen molar-refractivity contribution in [2.45, 2.75) is 38.5 Å². The van der Waals surface area contributed by atoms with E-state index < -0.39 is 0 Å². The lowest BCUT2D eigenvalue weighted by Crippen LogP contribution is -2.37. The third kappa shape index (κ3) is 3.72. The van der Waals surface area contributed by atoms with Crippen LogP contribution in [0.5, 0.6) is 0 Å². The first kappa shape index (κ1) is 15.6. The number of halogens is 1. The molecule has 0 aliphatic carbocycles. The van der Waals surface area contributed by atoms with Crippen LogP contribution in [0.2, 0.25) is 0 Å². The Bertz CT molecular complexity index is 613. The van der Waals surface area contributed by atoms with Gasteiger partial charge in [0.2, 0.25) is 0 Å². The fraction of sp³-hybridized carbons (Fsp3) is 0.471. The van der Waals surface area contributed by atoms with E-state index in [0.717, 1.165) is 42.3 Å². The Morgan fingerprint density at radius 3 is 2.82 bits per heavy atom. The molecule has 22 heavy (non-hydrogen) atoms. The Hall–Kier alpha value is -1.30. The predicted molar refractivity (Wildman–Crippen MR) is 86.4 cm³/mol. The van der Waals surface area contributed by atoms with Crippen LogP contribution in [0.1, 0.15) is 35.2 Å². The summed E-state index contributed by atoms with van der Waals surface area (Å²) < 4.78 is 18.9. The highest BCUT2D eigenvalue weighted by Crippen LogP contribution is 2.30. The number of aryl methyl sites for hydroxylation is 1. The highest BCUT2D eigenvalue weighted by Gasteiger charge is 2.26. The molecule has 118 valence electrons. The molecule has 0 bridgehead atoms. The van der Waals surface area contributed by atoms with Gasteiger partial charge in [0.25, 0.3) is 0 Å². The number of aromatic nitrogens is 1. The van der Waals surface area contributed by atoms with E-state index in [9.17, 15) is 4.39 Å². The van der Waals surface area contributed by atoms with Crippen molar-refractivity contribution < 1.29 is 9.13 Å². The van der Waals surface area contributed by atoms with E-state index in [1.54, 1.807) is 11.3 Å².